The average Bonchev–Trinajstić information content (AvgIpc) is 3.30. The summed E-state index contributed by atoms with van der Waals surface area (Å²) >= 11 is 0. The number of nitrogens with zero attached hydrogens (tertiary/aromatic N) is 4. The second-order valence-corrected chi connectivity index (χ2v) is 7.48. The van der Waals surface area contributed by atoms with E-state index in [-0.39, 0.29) is 0 Å². The number of piperidine rings is 1. The molecule has 0 bridgehead atoms. The van der Waals surface area contributed by atoms with E-state index in [1.54, 1.807) is 7.05 Å². The number of hydrazine groups is 1. The molecule has 0 spiro atoms. The number of hydrogen-bond acceptors (Lipinski definition) is 5. The lowest BCUT2D eigenvalue weighted by Gasteiger charge is -2.29. The van der Waals surface area contributed by atoms with Crippen molar-refractivity contribution in [3.8, 4) is 5.69 Å². The van der Waals surface area contributed by atoms with E-state index in [0.717, 1.165) is 30.9 Å². The monoisotopic (exact) mass is 352 g/mol. The van der Waals surface area contributed by atoms with Gasteiger partial charge in [0.15, 0.2) is 0 Å². The molecule has 1 aliphatic carbocycles. The van der Waals surface area contributed by atoms with Crippen LogP contribution < -0.4 is 16.5 Å². The van der Waals surface area contributed by atoms with E-state index in [1.165, 1.54) is 35.7 Å². The largest absolute Gasteiger partial charge is 0.401 e. The normalized spacial score (nSPS) is 23.2. The molecular formula is C20H28N6. The summed E-state index contributed by atoms with van der Waals surface area (Å²) in [5.74, 6) is 6.44. The molecule has 4 rings (SSSR count). The first-order chi connectivity index (χ1) is 12.6. The van der Waals surface area contributed by atoms with E-state index in [4.69, 9.17) is 11.6 Å². The number of anilines is 1. The minimum absolute atomic E-state index is 0.349. The van der Waals surface area contributed by atoms with E-state index < -0.39 is 0 Å². The lowest BCUT2D eigenvalue weighted by molar-refractivity contribution is 0.476. The van der Waals surface area contributed by atoms with Gasteiger partial charge in [-0.1, -0.05) is 6.07 Å². The number of rotatable bonds is 5. The second-order valence-electron chi connectivity index (χ2n) is 7.48. The van der Waals surface area contributed by atoms with Crippen LogP contribution in [0.15, 0.2) is 48.4 Å². The van der Waals surface area contributed by atoms with Crippen LogP contribution in [0.2, 0.25) is 0 Å². The van der Waals surface area contributed by atoms with Gasteiger partial charge < -0.3 is 15.6 Å². The van der Waals surface area contributed by atoms with Gasteiger partial charge >= 0.3 is 0 Å². The summed E-state index contributed by atoms with van der Waals surface area (Å²) in [6.45, 7) is 2.29. The predicted molar refractivity (Wildman–Crippen MR) is 105 cm³/mol. The van der Waals surface area contributed by atoms with E-state index in [2.05, 4.69) is 45.0 Å². The molecule has 26 heavy (non-hydrogen) atoms. The molecule has 1 unspecified atom stereocenters. The zero-order chi connectivity index (χ0) is 18.1. The van der Waals surface area contributed by atoms with Crippen LogP contribution in [0, 0.1) is 5.92 Å². The highest BCUT2D eigenvalue weighted by Crippen LogP contribution is 2.50. The molecule has 2 aliphatic rings. The molecule has 1 aliphatic heterocycles. The van der Waals surface area contributed by atoms with Crippen molar-refractivity contribution >= 4 is 5.69 Å². The standard InChI is InChI=1S/C20H28N6/c1-24(22)14-19(21)17-13-18(17)20-8-9-23-26(20)16-7-5-6-15(12-16)25-10-3-2-4-11-25/h5-9,12,14,17-18H,2-4,10-11,13,21-22H2,1H3/b19-14-/t17-,18?/m1/s1. The van der Waals surface area contributed by atoms with Crippen LogP contribution in [0.5, 0.6) is 0 Å². The first kappa shape index (κ1) is 17.0. The lowest BCUT2D eigenvalue weighted by Crippen LogP contribution is -2.29. The molecular weight excluding hydrogens is 324 g/mol. The fraction of sp³-hybridized carbons (Fsp3) is 0.450. The van der Waals surface area contributed by atoms with E-state index in [0.29, 0.717) is 11.8 Å². The van der Waals surface area contributed by atoms with E-state index >= 15 is 0 Å². The summed E-state index contributed by atoms with van der Waals surface area (Å²) in [5.41, 5.74) is 10.7. The highest BCUT2D eigenvalue weighted by atomic mass is 15.4. The van der Waals surface area contributed by atoms with Gasteiger partial charge in [-0.15, -0.1) is 0 Å². The quantitative estimate of drug-likeness (QED) is 0.639. The van der Waals surface area contributed by atoms with E-state index in [1.807, 2.05) is 12.4 Å². The maximum atomic E-state index is 6.19. The van der Waals surface area contributed by atoms with Crippen LogP contribution in [-0.2, 0) is 0 Å². The van der Waals surface area contributed by atoms with Crippen LogP contribution in [0.3, 0.4) is 0 Å². The van der Waals surface area contributed by atoms with Gasteiger partial charge in [0.05, 0.1) is 5.69 Å². The molecule has 2 atom stereocenters. The Kier molecular flexibility index (Phi) is 4.59. The van der Waals surface area contributed by atoms with Gasteiger partial charge in [0.2, 0.25) is 0 Å². The predicted octanol–water partition coefficient (Wildman–Crippen LogP) is 2.57. The van der Waals surface area contributed by atoms with Gasteiger partial charge in [0.25, 0.3) is 0 Å². The van der Waals surface area contributed by atoms with Gasteiger partial charge in [-0.25, -0.2) is 10.5 Å². The summed E-state index contributed by atoms with van der Waals surface area (Å²) in [6, 6.07) is 10.8. The molecule has 6 nitrogen and oxygen atoms in total. The average molecular weight is 352 g/mol. The van der Waals surface area contributed by atoms with Crippen molar-refractivity contribution in [3.63, 3.8) is 0 Å². The van der Waals surface area contributed by atoms with Crippen LogP contribution in [0.1, 0.15) is 37.3 Å². The number of nitrogens with two attached hydrogens (primary N) is 2. The third-order valence-corrected chi connectivity index (χ3v) is 5.42. The number of hydrogen-bond donors (Lipinski definition) is 2. The topological polar surface area (TPSA) is 76.3 Å². The molecule has 2 aromatic rings. The summed E-state index contributed by atoms with van der Waals surface area (Å²) in [6.07, 6.45) is 8.64. The van der Waals surface area contributed by atoms with Crippen LogP contribution in [0.4, 0.5) is 5.69 Å². The summed E-state index contributed by atoms with van der Waals surface area (Å²) in [4.78, 5) is 2.48. The minimum atomic E-state index is 0.349. The van der Waals surface area contributed by atoms with Crippen molar-refractivity contribution in [2.24, 2.45) is 17.5 Å². The smallest absolute Gasteiger partial charge is 0.0669 e. The number of benzene rings is 1. The van der Waals surface area contributed by atoms with Gasteiger partial charge in [0.1, 0.15) is 0 Å². The highest BCUT2D eigenvalue weighted by molar-refractivity contribution is 5.54. The SMILES string of the molecule is CN(N)/C=C(\N)[C@@H]1CC1c1ccnn1-c1cccc(N2CCCCC2)c1. The maximum absolute atomic E-state index is 6.19. The first-order valence-corrected chi connectivity index (χ1v) is 9.47. The van der Waals surface area contributed by atoms with Gasteiger partial charge in [-0.05, 0) is 49.9 Å². The van der Waals surface area contributed by atoms with Gasteiger partial charge in [-0.3, -0.25) is 0 Å². The molecule has 1 saturated carbocycles. The van der Waals surface area contributed by atoms with Gasteiger partial charge in [0, 0.05) is 61.4 Å². The van der Waals surface area contributed by atoms with Crippen molar-refractivity contribution in [1.82, 2.24) is 14.8 Å². The molecule has 4 N–H and O–H groups in total. The molecule has 138 valence electrons. The second kappa shape index (κ2) is 7.03. The van der Waals surface area contributed by atoms with E-state index in [9.17, 15) is 0 Å². The molecule has 6 heteroatoms. The molecule has 0 radical (unpaired) electrons. The van der Waals surface area contributed by atoms with Gasteiger partial charge in [-0.2, -0.15) is 5.10 Å². The summed E-state index contributed by atoms with van der Waals surface area (Å²) in [5, 5.41) is 6.11. The third-order valence-electron chi connectivity index (χ3n) is 5.42. The van der Waals surface area contributed by atoms with Crippen molar-refractivity contribution in [1.29, 1.82) is 0 Å². The third kappa shape index (κ3) is 3.42. The molecule has 0 amide bonds. The van der Waals surface area contributed by atoms with Crippen molar-refractivity contribution in [2.45, 2.75) is 31.6 Å². The van der Waals surface area contributed by atoms with Crippen molar-refractivity contribution in [3.05, 3.63) is 54.1 Å². The van der Waals surface area contributed by atoms with Crippen LogP contribution >= 0.6 is 0 Å². The zero-order valence-corrected chi connectivity index (χ0v) is 15.4. The Balaban J connectivity index is 1.56. The highest BCUT2D eigenvalue weighted by Gasteiger charge is 2.42. The fourth-order valence-corrected chi connectivity index (χ4v) is 4.00. The Bertz CT molecular complexity index is 787. The summed E-state index contributed by atoms with van der Waals surface area (Å²) in [7, 11) is 1.79. The lowest BCUT2D eigenvalue weighted by atomic mass is 10.1. The molecule has 2 fully saturated rings. The fourth-order valence-electron chi connectivity index (χ4n) is 4.00. The number of aromatic nitrogens is 2. The Hall–Kier alpha value is -2.47. The Morgan fingerprint density at radius 1 is 1.19 bits per heavy atom. The first-order valence-electron chi connectivity index (χ1n) is 9.47. The molecule has 1 saturated heterocycles. The molecule has 1 aromatic carbocycles. The zero-order valence-electron chi connectivity index (χ0n) is 15.4. The van der Waals surface area contributed by atoms with Crippen LogP contribution in [-0.4, -0.2) is 34.9 Å². The Morgan fingerprint density at radius 3 is 2.73 bits per heavy atom. The number of allylic oxidation sites excluding steroid dienone is 1. The Labute approximate surface area is 155 Å². The van der Waals surface area contributed by atoms with Crippen molar-refractivity contribution in [2.75, 3.05) is 25.0 Å². The van der Waals surface area contributed by atoms with Crippen LogP contribution in [0.25, 0.3) is 5.69 Å². The molecule has 2 heterocycles. The maximum Gasteiger partial charge on any atom is 0.0669 e. The molecule has 1 aromatic heterocycles. The minimum Gasteiger partial charge on any atom is -0.401 e. The summed E-state index contributed by atoms with van der Waals surface area (Å²) < 4.78 is 2.07. The van der Waals surface area contributed by atoms with Crippen molar-refractivity contribution < 1.29 is 0 Å². The Morgan fingerprint density at radius 2 is 1.96 bits per heavy atom.